The van der Waals surface area contributed by atoms with E-state index in [0.29, 0.717) is 19.3 Å². The van der Waals surface area contributed by atoms with Crippen LogP contribution in [0.5, 0.6) is 0 Å². The maximum Gasteiger partial charge on any atom is 0.306 e. The highest BCUT2D eigenvalue weighted by molar-refractivity contribution is 5.71. The molecule has 0 aromatic carbocycles. The summed E-state index contributed by atoms with van der Waals surface area (Å²) in [7, 11) is 0. The Kier molecular flexibility index (Phi) is 61.2. The molecule has 0 spiro atoms. The number of allylic oxidation sites excluding steroid dienone is 10. The smallest absolute Gasteiger partial charge is 0.306 e. The second kappa shape index (κ2) is 63.6. The molecule has 0 amide bonds. The fraction of sp³-hybridized carbons (Fsp3) is 0.812. The molecule has 0 aliphatic heterocycles. The van der Waals surface area contributed by atoms with Crippen molar-refractivity contribution in [1.29, 1.82) is 0 Å². The third kappa shape index (κ3) is 61.8. The summed E-state index contributed by atoms with van der Waals surface area (Å²) in [6.07, 6.45) is 80.9. The van der Waals surface area contributed by atoms with Crippen molar-refractivity contribution in [2.45, 2.75) is 348 Å². The average Bonchev–Trinajstić information content (AvgIpc) is 3.41. The Bertz CT molecular complexity index is 1340. The summed E-state index contributed by atoms with van der Waals surface area (Å²) in [6, 6.07) is 0. The van der Waals surface area contributed by atoms with Crippen molar-refractivity contribution >= 4 is 17.9 Å². The minimum Gasteiger partial charge on any atom is -0.462 e. The first-order valence-electron chi connectivity index (χ1n) is 32.8. The molecule has 0 aromatic heterocycles. The molecule has 75 heavy (non-hydrogen) atoms. The highest BCUT2D eigenvalue weighted by Gasteiger charge is 2.19. The molecular weight excluding hydrogens is 925 g/mol. The average molecular weight is 1050 g/mol. The van der Waals surface area contributed by atoms with Crippen LogP contribution < -0.4 is 0 Å². The maximum atomic E-state index is 12.9. The van der Waals surface area contributed by atoms with E-state index >= 15 is 0 Å². The molecule has 0 saturated heterocycles. The Morgan fingerprint density at radius 1 is 0.267 bits per heavy atom. The van der Waals surface area contributed by atoms with E-state index in [1.165, 1.54) is 193 Å². The zero-order valence-electron chi connectivity index (χ0n) is 50.1. The van der Waals surface area contributed by atoms with Gasteiger partial charge in [-0.25, -0.2) is 0 Å². The lowest BCUT2D eigenvalue weighted by molar-refractivity contribution is -0.167. The summed E-state index contributed by atoms with van der Waals surface area (Å²) >= 11 is 0. The van der Waals surface area contributed by atoms with Crippen LogP contribution in [0.3, 0.4) is 0 Å². The Morgan fingerprint density at radius 3 is 0.800 bits per heavy atom. The summed E-state index contributed by atoms with van der Waals surface area (Å²) in [6.45, 7) is 6.59. The normalized spacial score (nSPS) is 12.4. The van der Waals surface area contributed by atoms with Crippen molar-refractivity contribution in [2.75, 3.05) is 13.2 Å². The van der Waals surface area contributed by atoms with Gasteiger partial charge >= 0.3 is 17.9 Å². The van der Waals surface area contributed by atoms with Crippen LogP contribution in [0.4, 0.5) is 0 Å². The van der Waals surface area contributed by atoms with Gasteiger partial charge in [0.15, 0.2) is 6.10 Å². The van der Waals surface area contributed by atoms with Gasteiger partial charge in [-0.15, -0.1) is 0 Å². The molecule has 0 heterocycles. The fourth-order valence-corrected chi connectivity index (χ4v) is 9.55. The number of hydrogen-bond donors (Lipinski definition) is 0. The quantitative estimate of drug-likeness (QED) is 0.0261. The molecule has 1 atom stereocenters. The van der Waals surface area contributed by atoms with Crippen LogP contribution in [0.2, 0.25) is 0 Å². The number of rotatable bonds is 60. The molecule has 0 fully saturated rings. The Hall–Kier alpha value is -2.89. The maximum absolute atomic E-state index is 12.9. The largest absolute Gasteiger partial charge is 0.462 e. The van der Waals surface area contributed by atoms with Gasteiger partial charge in [0, 0.05) is 19.3 Å². The molecule has 0 N–H and O–H groups in total. The van der Waals surface area contributed by atoms with Gasteiger partial charge in [0.05, 0.1) is 0 Å². The zero-order chi connectivity index (χ0) is 54.3. The molecule has 0 saturated carbocycles. The van der Waals surface area contributed by atoms with Crippen molar-refractivity contribution in [1.82, 2.24) is 0 Å². The summed E-state index contributed by atoms with van der Waals surface area (Å²) < 4.78 is 16.9. The van der Waals surface area contributed by atoms with E-state index in [4.69, 9.17) is 14.2 Å². The summed E-state index contributed by atoms with van der Waals surface area (Å²) in [5, 5.41) is 0. The highest BCUT2D eigenvalue weighted by atomic mass is 16.6. The molecule has 1 unspecified atom stereocenters. The van der Waals surface area contributed by atoms with Gasteiger partial charge in [-0.3, -0.25) is 14.4 Å². The van der Waals surface area contributed by atoms with E-state index in [-0.39, 0.29) is 31.1 Å². The molecular formula is C69H124O6. The Morgan fingerprint density at radius 2 is 0.507 bits per heavy atom. The number of unbranched alkanes of at least 4 members (excludes halogenated alkanes) is 39. The molecule has 436 valence electrons. The molecule has 0 bridgehead atoms. The Labute approximate surface area is 466 Å². The van der Waals surface area contributed by atoms with Gasteiger partial charge in [0.1, 0.15) is 13.2 Å². The molecule has 6 heteroatoms. The predicted octanol–water partition coefficient (Wildman–Crippen LogP) is 22.3. The van der Waals surface area contributed by atoms with Gasteiger partial charge < -0.3 is 14.2 Å². The number of carbonyl (C=O) groups is 3. The fourth-order valence-electron chi connectivity index (χ4n) is 9.55. The number of hydrogen-bond acceptors (Lipinski definition) is 6. The van der Waals surface area contributed by atoms with Crippen LogP contribution in [0.1, 0.15) is 342 Å². The third-order valence-corrected chi connectivity index (χ3v) is 14.5. The van der Waals surface area contributed by atoms with Gasteiger partial charge in [-0.2, -0.15) is 0 Å². The molecule has 0 aromatic rings. The first kappa shape index (κ1) is 72.1. The standard InChI is InChI=1S/C69H124O6/c1-4-7-10-13-16-19-22-25-27-29-31-33-34-36-37-39-41-44-47-50-53-56-59-62-68(71)74-65-66(64-73-67(70)61-58-55-52-49-46-43-24-21-18-15-12-9-6-3)75-69(72)63-60-57-54-51-48-45-42-40-38-35-32-30-28-26-23-20-17-14-11-8-5-2/h12,15,21,23-24,26,30,32,38,40,66H,4-11,13-14,16-20,22,25,27-29,31,33-37,39,41-65H2,1-3H3/b15-12-,24-21-,26-23-,32-30-,40-38-. The van der Waals surface area contributed by atoms with E-state index in [1.54, 1.807) is 0 Å². The number of carbonyl (C=O) groups excluding carboxylic acids is 3. The van der Waals surface area contributed by atoms with Crippen LogP contribution in [-0.2, 0) is 28.6 Å². The van der Waals surface area contributed by atoms with E-state index in [9.17, 15) is 14.4 Å². The third-order valence-electron chi connectivity index (χ3n) is 14.5. The summed E-state index contributed by atoms with van der Waals surface area (Å²) in [4.78, 5) is 38.3. The van der Waals surface area contributed by atoms with Crippen molar-refractivity contribution < 1.29 is 28.6 Å². The van der Waals surface area contributed by atoms with Gasteiger partial charge in [0.25, 0.3) is 0 Å². The van der Waals surface area contributed by atoms with Crippen LogP contribution in [0.15, 0.2) is 60.8 Å². The van der Waals surface area contributed by atoms with Crippen LogP contribution >= 0.6 is 0 Å². The minimum atomic E-state index is -0.787. The van der Waals surface area contributed by atoms with Gasteiger partial charge in [0.2, 0.25) is 0 Å². The van der Waals surface area contributed by atoms with E-state index < -0.39 is 6.10 Å². The second-order valence-electron chi connectivity index (χ2n) is 22.0. The first-order chi connectivity index (χ1) is 37.0. The van der Waals surface area contributed by atoms with Crippen molar-refractivity contribution in [3.8, 4) is 0 Å². The lowest BCUT2D eigenvalue weighted by Gasteiger charge is -2.18. The summed E-state index contributed by atoms with van der Waals surface area (Å²) in [5.74, 6) is -0.891. The minimum absolute atomic E-state index is 0.0813. The van der Waals surface area contributed by atoms with Crippen molar-refractivity contribution in [2.24, 2.45) is 0 Å². The first-order valence-corrected chi connectivity index (χ1v) is 32.8. The monoisotopic (exact) mass is 1050 g/mol. The number of ether oxygens (including phenoxy) is 3. The molecule has 6 nitrogen and oxygen atoms in total. The Balaban J connectivity index is 4.31. The lowest BCUT2D eigenvalue weighted by atomic mass is 10.0. The molecule has 0 aliphatic rings. The molecule has 0 radical (unpaired) electrons. The van der Waals surface area contributed by atoms with Crippen LogP contribution in [0.25, 0.3) is 0 Å². The zero-order valence-corrected chi connectivity index (χ0v) is 50.1. The van der Waals surface area contributed by atoms with E-state index in [0.717, 1.165) is 109 Å². The van der Waals surface area contributed by atoms with Crippen molar-refractivity contribution in [3.05, 3.63) is 60.8 Å². The highest BCUT2D eigenvalue weighted by Crippen LogP contribution is 2.17. The van der Waals surface area contributed by atoms with E-state index in [2.05, 4.69) is 81.5 Å². The van der Waals surface area contributed by atoms with Crippen molar-refractivity contribution in [3.63, 3.8) is 0 Å². The predicted molar refractivity (Wildman–Crippen MR) is 325 cm³/mol. The second-order valence-corrected chi connectivity index (χ2v) is 22.0. The van der Waals surface area contributed by atoms with Crippen LogP contribution in [0, 0.1) is 0 Å². The summed E-state index contributed by atoms with van der Waals surface area (Å²) in [5.41, 5.74) is 0. The molecule has 0 rings (SSSR count). The lowest BCUT2D eigenvalue weighted by Crippen LogP contribution is -2.30. The van der Waals surface area contributed by atoms with Crippen LogP contribution in [-0.4, -0.2) is 37.2 Å². The SMILES string of the molecule is CCC/C=C\C/C=C\CCCCCCCC(=O)OCC(COC(=O)CCCCCCCCCCCCCCCCCCCCCCCCC)OC(=O)CCCCCCCC/C=C\C/C=C\C/C=C\CCCCCCC. The van der Waals surface area contributed by atoms with Gasteiger partial charge in [-0.1, -0.05) is 300 Å². The van der Waals surface area contributed by atoms with Gasteiger partial charge in [-0.05, 0) is 83.5 Å². The topological polar surface area (TPSA) is 78.9 Å². The molecule has 0 aliphatic carbocycles. The number of esters is 3. The van der Waals surface area contributed by atoms with E-state index in [1.807, 2.05) is 0 Å².